The van der Waals surface area contributed by atoms with Crippen molar-refractivity contribution in [2.45, 2.75) is 66.2 Å². The summed E-state index contributed by atoms with van der Waals surface area (Å²) < 4.78 is 111. The average molecular weight is 461 g/mol. The van der Waals surface area contributed by atoms with E-state index in [-0.39, 0.29) is 13.8 Å². The van der Waals surface area contributed by atoms with Crippen molar-refractivity contribution in [2.75, 3.05) is 25.0 Å². The van der Waals surface area contributed by atoms with Gasteiger partial charge < -0.3 is 0 Å². The third kappa shape index (κ3) is 46.1. The van der Waals surface area contributed by atoms with Gasteiger partial charge in [-0.15, -0.1) is 0 Å². The molecule has 0 atom stereocenters. The third-order valence-corrected chi connectivity index (χ3v) is 1.42. The SMILES string of the molecule is CC(C)(C(F)(F)F)C(F)(F)F.CC(C)(F)F.CCC.CS(C)(=O)=O.CSC. The average Bonchev–Trinajstić information content (AvgIpc) is 2.22. The Morgan fingerprint density at radius 2 is 0.778 bits per heavy atom. The second kappa shape index (κ2) is 15.6. The lowest BCUT2D eigenvalue weighted by atomic mass is 9.92. The van der Waals surface area contributed by atoms with Gasteiger partial charge in [0.15, 0.2) is 5.41 Å². The van der Waals surface area contributed by atoms with E-state index in [1.54, 1.807) is 11.8 Å². The summed E-state index contributed by atoms with van der Waals surface area (Å²) in [6.45, 7) is 6.17. The number of sulfone groups is 1. The van der Waals surface area contributed by atoms with E-state index in [4.69, 9.17) is 0 Å². The molecule has 0 fully saturated rings. The zero-order valence-corrected chi connectivity index (χ0v) is 19.0. The van der Waals surface area contributed by atoms with Gasteiger partial charge in [-0.05, 0) is 40.2 Å². The minimum atomic E-state index is -5.24. The molecule has 172 valence electrons. The second-order valence-corrected chi connectivity index (χ2v) is 9.31. The molecule has 0 rings (SSSR count). The van der Waals surface area contributed by atoms with Crippen LogP contribution >= 0.6 is 11.8 Å². The van der Waals surface area contributed by atoms with Crippen LogP contribution < -0.4 is 0 Å². The van der Waals surface area contributed by atoms with Crippen molar-refractivity contribution in [3.05, 3.63) is 0 Å². The Labute approximate surface area is 162 Å². The molecule has 0 aliphatic rings. The smallest absolute Gasteiger partial charge is 0.229 e. The maximum absolute atomic E-state index is 11.6. The zero-order chi connectivity index (χ0) is 23.9. The largest absolute Gasteiger partial charge is 0.402 e. The Kier molecular flexibility index (Phi) is 21.7. The van der Waals surface area contributed by atoms with Gasteiger partial charge in [0.25, 0.3) is 0 Å². The molecule has 0 aromatic rings. The van der Waals surface area contributed by atoms with E-state index in [0.29, 0.717) is 0 Å². The molecule has 27 heavy (non-hydrogen) atoms. The van der Waals surface area contributed by atoms with E-state index in [1.165, 1.54) is 6.42 Å². The predicted octanol–water partition coefficient (Wildman–Crippen LogP) is 6.86. The van der Waals surface area contributed by atoms with Gasteiger partial charge in [-0.2, -0.15) is 38.1 Å². The molecule has 0 spiro atoms. The lowest BCUT2D eigenvalue weighted by Gasteiger charge is -2.29. The van der Waals surface area contributed by atoms with Gasteiger partial charge in [-0.25, -0.2) is 17.2 Å². The summed E-state index contributed by atoms with van der Waals surface area (Å²) in [6.07, 6.45) is -2.84. The Bertz CT molecular complexity index is 391. The van der Waals surface area contributed by atoms with Crippen LogP contribution in [-0.2, 0) is 9.84 Å². The molecule has 0 bridgehead atoms. The Morgan fingerprint density at radius 1 is 0.704 bits per heavy atom. The van der Waals surface area contributed by atoms with Crippen LogP contribution in [0.2, 0.25) is 0 Å². The summed E-state index contributed by atoms with van der Waals surface area (Å²) in [5.41, 5.74) is -3.62. The van der Waals surface area contributed by atoms with Crippen molar-refractivity contribution in [3.63, 3.8) is 0 Å². The summed E-state index contributed by atoms with van der Waals surface area (Å²) in [5, 5.41) is 0. The topological polar surface area (TPSA) is 34.1 Å². The quantitative estimate of drug-likeness (QED) is 0.371. The molecular weight excluding hydrogens is 428 g/mol. The van der Waals surface area contributed by atoms with Gasteiger partial charge in [-0.1, -0.05) is 20.3 Å². The van der Waals surface area contributed by atoms with Crippen LogP contribution in [0.3, 0.4) is 0 Å². The van der Waals surface area contributed by atoms with Crippen molar-refractivity contribution in [2.24, 2.45) is 5.41 Å². The third-order valence-electron chi connectivity index (χ3n) is 1.42. The molecule has 0 saturated heterocycles. The molecule has 2 nitrogen and oxygen atoms in total. The molecular formula is C15H32F8O2S2. The van der Waals surface area contributed by atoms with Crippen molar-refractivity contribution >= 4 is 21.6 Å². The summed E-state index contributed by atoms with van der Waals surface area (Å²) in [7, 11) is -2.67. The highest BCUT2D eigenvalue weighted by Crippen LogP contribution is 2.49. The molecule has 0 saturated carbocycles. The molecule has 0 aliphatic carbocycles. The van der Waals surface area contributed by atoms with Crippen molar-refractivity contribution in [1.29, 1.82) is 0 Å². The molecule has 0 unspecified atom stereocenters. The van der Waals surface area contributed by atoms with Crippen LogP contribution in [0.25, 0.3) is 0 Å². The van der Waals surface area contributed by atoms with Crippen LogP contribution in [0.5, 0.6) is 0 Å². The molecule has 0 N–H and O–H groups in total. The van der Waals surface area contributed by atoms with Gasteiger partial charge >= 0.3 is 12.4 Å². The van der Waals surface area contributed by atoms with Crippen LogP contribution in [0.4, 0.5) is 35.1 Å². The fourth-order valence-electron chi connectivity index (χ4n) is 0.161. The first-order valence-electron chi connectivity index (χ1n) is 7.39. The monoisotopic (exact) mass is 460 g/mol. The number of thioether (sulfide) groups is 1. The zero-order valence-electron chi connectivity index (χ0n) is 17.4. The molecule has 0 heterocycles. The van der Waals surface area contributed by atoms with Crippen molar-refractivity contribution in [1.82, 2.24) is 0 Å². The predicted molar refractivity (Wildman–Crippen MR) is 98.4 cm³/mol. The van der Waals surface area contributed by atoms with Crippen LogP contribution in [-0.4, -0.2) is 51.7 Å². The van der Waals surface area contributed by atoms with Gasteiger partial charge in [0, 0.05) is 12.5 Å². The number of halogens is 8. The maximum atomic E-state index is 11.6. The highest BCUT2D eigenvalue weighted by molar-refractivity contribution is 7.97. The minimum Gasteiger partial charge on any atom is -0.229 e. The van der Waals surface area contributed by atoms with Gasteiger partial charge in [-0.3, -0.25) is 0 Å². The first kappa shape index (κ1) is 37.5. The highest BCUT2D eigenvalue weighted by Gasteiger charge is 2.64. The van der Waals surface area contributed by atoms with Crippen molar-refractivity contribution < 1.29 is 43.5 Å². The van der Waals surface area contributed by atoms with Gasteiger partial charge in [0.2, 0.25) is 5.92 Å². The lowest BCUT2D eigenvalue weighted by molar-refractivity contribution is -0.327. The van der Waals surface area contributed by atoms with E-state index >= 15 is 0 Å². The standard InChI is InChI=1S/C5H6F6.C3H6F2.C3H8.C2H6O2S.C2H6S/c1-3(2,4(6,7)8)5(9,10)11;1-3(2,4)5;1-3-2;1-5(2,3)4;1-3-2/h1-2H3;1-2H3;3H2,1-2H3;1-2H3;1-2H3. The molecule has 0 aromatic carbocycles. The second-order valence-electron chi connectivity index (χ2n) is 6.21. The van der Waals surface area contributed by atoms with Crippen LogP contribution in [0.15, 0.2) is 0 Å². The van der Waals surface area contributed by atoms with E-state index < -0.39 is 33.5 Å². The molecule has 0 aromatic heterocycles. The van der Waals surface area contributed by atoms with E-state index in [9.17, 15) is 43.5 Å². The maximum Gasteiger partial charge on any atom is 0.402 e. The van der Waals surface area contributed by atoms with Gasteiger partial charge in [0.1, 0.15) is 9.84 Å². The van der Waals surface area contributed by atoms with Crippen LogP contribution in [0.1, 0.15) is 48.0 Å². The van der Waals surface area contributed by atoms with Crippen molar-refractivity contribution in [3.8, 4) is 0 Å². The minimum absolute atomic E-state index is 0.104. The lowest BCUT2D eigenvalue weighted by Crippen LogP contribution is -2.44. The normalized spacial score (nSPS) is 11.9. The Morgan fingerprint density at radius 3 is 0.778 bits per heavy atom. The molecule has 0 aliphatic heterocycles. The summed E-state index contributed by atoms with van der Waals surface area (Å²) in [5.74, 6) is -2.50. The first-order chi connectivity index (χ1) is 11.3. The number of hydrogen-bond donors (Lipinski definition) is 0. The molecule has 12 heteroatoms. The summed E-state index contributed by atoms with van der Waals surface area (Å²) in [4.78, 5) is 0. The fraction of sp³-hybridized carbons (Fsp3) is 1.00. The molecule has 0 radical (unpaired) electrons. The fourth-order valence-corrected chi connectivity index (χ4v) is 0.161. The first-order valence-corrected chi connectivity index (χ1v) is 11.3. The Hall–Kier alpha value is -0.260. The van der Waals surface area contributed by atoms with Crippen LogP contribution in [0, 0.1) is 5.41 Å². The van der Waals surface area contributed by atoms with E-state index in [1.807, 2.05) is 12.5 Å². The number of alkyl halides is 8. The van der Waals surface area contributed by atoms with Gasteiger partial charge in [0.05, 0.1) is 0 Å². The van der Waals surface area contributed by atoms with E-state index in [2.05, 4.69) is 13.8 Å². The number of rotatable bonds is 0. The molecule has 0 amide bonds. The highest BCUT2D eigenvalue weighted by atomic mass is 32.2. The summed E-state index contributed by atoms with van der Waals surface area (Å²) in [6, 6.07) is 0. The Balaban J connectivity index is -0.0000000847. The summed E-state index contributed by atoms with van der Waals surface area (Å²) >= 11 is 1.75. The number of hydrogen-bond acceptors (Lipinski definition) is 3. The van der Waals surface area contributed by atoms with E-state index in [0.717, 1.165) is 26.4 Å².